The number of alkyl halides is 1. The molecule has 2 N–H and O–H groups in total. The number of carbonyl (C=O) groups is 2. The highest BCUT2D eigenvalue weighted by molar-refractivity contribution is 6.20. The Labute approximate surface area is 250 Å². The van der Waals surface area contributed by atoms with Gasteiger partial charge >= 0.3 is 0 Å². The predicted molar refractivity (Wildman–Crippen MR) is 158 cm³/mol. The average molecular weight is 587 g/mol. The molecule has 3 heterocycles. The Morgan fingerprint density at radius 2 is 1.64 bits per heavy atom. The minimum absolute atomic E-state index is 0.0120. The predicted octanol–water partition coefficient (Wildman–Crippen LogP) is 3.35. The second-order valence-electron chi connectivity index (χ2n) is 14.2. The first-order valence-corrected chi connectivity index (χ1v) is 17.3. The van der Waals surface area contributed by atoms with Crippen molar-refractivity contribution in [2.75, 3.05) is 39.4 Å². The number of hydrogen-bond acceptors (Lipinski definition) is 7. The third-order valence-corrected chi connectivity index (χ3v) is 11.8. The summed E-state index contributed by atoms with van der Waals surface area (Å²) < 4.78 is 28.5. The molecule has 6 fully saturated rings. The van der Waals surface area contributed by atoms with Gasteiger partial charge < -0.3 is 29.9 Å². The van der Waals surface area contributed by atoms with Gasteiger partial charge in [0.2, 0.25) is 0 Å². The second kappa shape index (κ2) is 12.8. The molecule has 4 saturated carbocycles. The van der Waals surface area contributed by atoms with Crippen LogP contribution in [0.1, 0.15) is 83.5 Å². The van der Waals surface area contributed by atoms with Crippen LogP contribution in [0.15, 0.2) is 11.8 Å². The summed E-state index contributed by atoms with van der Waals surface area (Å²) >= 11 is 0. The van der Waals surface area contributed by atoms with Gasteiger partial charge in [0.15, 0.2) is 5.78 Å². The quantitative estimate of drug-likeness (QED) is 0.350. The molecule has 9 heteroatoms. The summed E-state index contributed by atoms with van der Waals surface area (Å²) in [6, 6.07) is 0.112. The van der Waals surface area contributed by atoms with Crippen molar-refractivity contribution in [3.05, 3.63) is 11.8 Å². The first-order valence-electron chi connectivity index (χ1n) is 17.3. The Morgan fingerprint density at radius 1 is 0.929 bits per heavy atom. The number of hydrogen-bond donors (Lipinski definition) is 2. The lowest BCUT2D eigenvalue weighted by molar-refractivity contribution is -0.208. The van der Waals surface area contributed by atoms with E-state index in [1.54, 1.807) is 4.90 Å². The van der Waals surface area contributed by atoms with Crippen LogP contribution in [0.4, 0.5) is 4.39 Å². The third-order valence-electron chi connectivity index (χ3n) is 11.8. The van der Waals surface area contributed by atoms with Gasteiger partial charge in [0.25, 0.3) is 5.91 Å². The molecule has 0 aromatic heterocycles. The summed E-state index contributed by atoms with van der Waals surface area (Å²) in [5.74, 6) is 0.383. The van der Waals surface area contributed by atoms with E-state index in [0.29, 0.717) is 44.2 Å². The SMILES string of the molecule is O=C1C(C(=O)N2CCOCC2)=CN2C3CC4CCCCC4CC3OC3C(NCCCNC4CCCCC4)C(F)CC1C32. The van der Waals surface area contributed by atoms with Crippen LogP contribution in [0.3, 0.4) is 0 Å². The first-order chi connectivity index (χ1) is 20.6. The number of rotatable bonds is 7. The van der Waals surface area contributed by atoms with E-state index in [0.717, 1.165) is 32.4 Å². The molecule has 0 radical (unpaired) electrons. The molecule has 9 unspecified atom stereocenters. The summed E-state index contributed by atoms with van der Waals surface area (Å²) in [5.41, 5.74) is 0.246. The van der Waals surface area contributed by atoms with E-state index >= 15 is 4.39 Å². The molecule has 4 aliphatic carbocycles. The smallest absolute Gasteiger partial charge is 0.259 e. The standard InChI is InChI=1S/C33H51FN4O4/c34-26-19-24-30-32(29(26)36-12-6-11-35-23-9-2-1-3-10-23)42-28-18-22-8-5-4-7-21(22)17-27(28)38(30)20-25(31(24)39)33(40)37-13-15-41-16-14-37/h20-24,26-30,32,35-36H,1-19H2. The maximum Gasteiger partial charge on any atom is 0.259 e. The van der Waals surface area contributed by atoms with Crippen LogP contribution in [0, 0.1) is 17.8 Å². The monoisotopic (exact) mass is 586 g/mol. The molecular weight excluding hydrogens is 535 g/mol. The van der Waals surface area contributed by atoms with Crippen molar-refractivity contribution in [1.82, 2.24) is 20.4 Å². The molecule has 3 aliphatic heterocycles. The number of nitrogens with zero attached hydrogens (tertiary/aromatic N) is 2. The van der Waals surface area contributed by atoms with Crippen LogP contribution >= 0.6 is 0 Å². The fourth-order valence-corrected chi connectivity index (χ4v) is 9.59. The molecule has 8 nitrogen and oxygen atoms in total. The van der Waals surface area contributed by atoms with Crippen LogP contribution < -0.4 is 10.6 Å². The van der Waals surface area contributed by atoms with Gasteiger partial charge in [-0.05, 0) is 63.5 Å². The van der Waals surface area contributed by atoms with Gasteiger partial charge in [-0.3, -0.25) is 9.59 Å². The Hall–Kier alpha value is -1.55. The third kappa shape index (κ3) is 5.68. The topological polar surface area (TPSA) is 83.1 Å². The van der Waals surface area contributed by atoms with Crippen LogP contribution in [0.2, 0.25) is 0 Å². The molecule has 42 heavy (non-hydrogen) atoms. The molecule has 0 bridgehead atoms. The summed E-state index contributed by atoms with van der Waals surface area (Å²) in [5, 5.41) is 7.26. The number of fused-ring (bicyclic) bond motifs is 3. The molecule has 0 aromatic rings. The van der Waals surface area contributed by atoms with Crippen molar-refractivity contribution < 1.29 is 23.5 Å². The van der Waals surface area contributed by atoms with Crippen molar-refractivity contribution in [3.8, 4) is 0 Å². The highest BCUT2D eigenvalue weighted by Gasteiger charge is 2.59. The lowest BCUT2D eigenvalue weighted by atomic mass is 9.65. The lowest BCUT2D eigenvalue weighted by Crippen LogP contribution is -2.73. The van der Waals surface area contributed by atoms with Crippen LogP contribution in [0.5, 0.6) is 0 Å². The summed E-state index contributed by atoms with van der Waals surface area (Å²) in [7, 11) is 0. The van der Waals surface area contributed by atoms with E-state index in [4.69, 9.17) is 9.47 Å². The van der Waals surface area contributed by atoms with Gasteiger partial charge in [-0.2, -0.15) is 0 Å². The van der Waals surface area contributed by atoms with Gasteiger partial charge in [-0.15, -0.1) is 0 Å². The summed E-state index contributed by atoms with van der Waals surface area (Å²) in [6.45, 7) is 3.63. The van der Waals surface area contributed by atoms with Crippen molar-refractivity contribution in [2.24, 2.45) is 17.8 Å². The largest absolute Gasteiger partial charge is 0.378 e. The highest BCUT2D eigenvalue weighted by Crippen LogP contribution is 2.50. The van der Waals surface area contributed by atoms with Crippen molar-refractivity contribution in [3.63, 3.8) is 0 Å². The number of halogens is 1. The van der Waals surface area contributed by atoms with E-state index < -0.39 is 24.2 Å². The number of ketones is 1. The minimum atomic E-state index is -1.19. The Bertz CT molecular complexity index is 1010. The maximum atomic E-state index is 16.1. The number of carbonyl (C=O) groups excluding carboxylic acids is 2. The molecule has 1 amide bonds. The number of nitrogens with one attached hydrogen (secondary N) is 2. The van der Waals surface area contributed by atoms with Crippen LogP contribution in [-0.2, 0) is 19.1 Å². The Kier molecular flexibility index (Phi) is 8.91. The zero-order valence-electron chi connectivity index (χ0n) is 25.2. The zero-order valence-corrected chi connectivity index (χ0v) is 25.2. The van der Waals surface area contributed by atoms with Gasteiger partial charge in [0.05, 0.1) is 49.1 Å². The van der Waals surface area contributed by atoms with Gasteiger partial charge in [-0.1, -0.05) is 44.9 Å². The number of Topliss-reactive ketones (excluding diaryl/α,β-unsaturated/α-hetero) is 1. The number of morpholine rings is 2. The second-order valence-corrected chi connectivity index (χ2v) is 14.2. The maximum absolute atomic E-state index is 16.1. The molecule has 234 valence electrons. The summed E-state index contributed by atoms with van der Waals surface area (Å²) in [6.07, 6.45) is 15.0. The van der Waals surface area contributed by atoms with E-state index in [9.17, 15) is 9.59 Å². The van der Waals surface area contributed by atoms with E-state index in [1.807, 2.05) is 6.20 Å². The molecule has 0 aromatic carbocycles. The molecule has 7 rings (SSSR count). The number of ether oxygens (including phenoxy) is 2. The highest BCUT2D eigenvalue weighted by atomic mass is 19.1. The lowest BCUT2D eigenvalue weighted by Gasteiger charge is -2.61. The normalized spacial score (nSPS) is 40.5. The van der Waals surface area contributed by atoms with Gasteiger partial charge in [-0.25, -0.2) is 4.39 Å². The van der Waals surface area contributed by atoms with Crippen molar-refractivity contribution >= 4 is 11.7 Å². The zero-order chi connectivity index (χ0) is 28.6. The Balaban J connectivity index is 1.10. The van der Waals surface area contributed by atoms with E-state index in [2.05, 4.69) is 15.5 Å². The molecule has 9 atom stereocenters. The van der Waals surface area contributed by atoms with Crippen molar-refractivity contribution in [1.29, 1.82) is 0 Å². The van der Waals surface area contributed by atoms with Crippen LogP contribution in [0.25, 0.3) is 0 Å². The Morgan fingerprint density at radius 3 is 2.43 bits per heavy atom. The molecular formula is C33H51FN4O4. The van der Waals surface area contributed by atoms with Gasteiger partial charge in [0.1, 0.15) is 6.17 Å². The molecule has 0 spiro atoms. The fraction of sp³-hybridized carbons (Fsp3) is 0.879. The average Bonchev–Trinajstić information content (AvgIpc) is 3.03. The molecule has 2 saturated heterocycles. The fourth-order valence-electron chi connectivity index (χ4n) is 9.59. The van der Waals surface area contributed by atoms with Crippen LogP contribution in [-0.4, -0.2) is 103 Å². The minimum Gasteiger partial charge on any atom is -0.378 e. The summed E-state index contributed by atoms with van der Waals surface area (Å²) in [4.78, 5) is 31.7. The van der Waals surface area contributed by atoms with Crippen molar-refractivity contribution in [2.45, 2.75) is 126 Å². The van der Waals surface area contributed by atoms with Gasteiger partial charge in [0, 0.05) is 31.2 Å². The number of amides is 1. The first kappa shape index (κ1) is 29.2. The van der Waals surface area contributed by atoms with E-state index in [1.165, 1.54) is 57.8 Å². The molecule has 7 aliphatic rings. The van der Waals surface area contributed by atoms with E-state index in [-0.39, 0.29) is 41.9 Å².